The number of phenolic OH excluding ortho intramolecular Hbond substituents is 2. The molecule has 4 N–H and O–H groups in total. The minimum absolute atomic E-state index is 0.0516. The summed E-state index contributed by atoms with van der Waals surface area (Å²) in [5, 5.41) is 24.3. The van der Waals surface area contributed by atoms with E-state index in [2.05, 4.69) is 10.6 Å². The zero-order valence-corrected chi connectivity index (χ0v) is 16.5. The molecule has 2 amide bonds. The molecule has 0 unspecified atom stereocenters. The Morgan fingerprint density at radius 1 is 1.00 bits per heavy atom. The normalized spacial score (nSPS) is 10.4. The molecular weight excluding hydrogens is 392 g/mol. The molecule has 0 aliphatic carbocycles. The first-order valence-electron chi connectivity index (χ1n) is 8.79. The van der Waals surface area contributed by atoms with E-state index in [1.807, 2.05) is 30.3 Å². The number of ether oxygens (including phenoxy) is 1. The smallest absolute Gasteiger partial charge is 0.348 e. The Hall–Kier alpha value is -3.52. The highest BCUT2D eigenvalue weighted by Crippen LogP contribution is 2.28. The highest BCUT2D eigenvalue weighted by molar-refractivity contribution is 7.14. The topological polar surface area (TPSA) is 108 Å². The Kier molecular flexibility index (Phi) is 6.36. The van der Waals surface area contributed by atoms with Crippen LogP contribution in [0.1, 0.15) is 25.7 Å². The Bertz CT molecular complexity index is 1020. The van der Waals surface area contributed by atoms with Crippen molar-refractivity contribution >= 4 is 29.0 Å². The third kappa shape index (κ3) is 5.49. The number of aromatic hydroxyl groups is 2. The number of nitrogens with one attached hydrogen (secondary N) is 2. The van der Waals surface area contributed by atoms with Gasteiger partial charge in [0.15, 0.2) is 11.5 Å². The number of rotatable bonds is 6. The van der Waals surface area contributed by atoms with Gasteiger partial charge >= 0.3 is 12.0 Å². The highest BCUT2D eigenvalue weighted by Gasteiger charge is 2.16. The maximum Gasteiger partial charge on any atom is 0.348 e. The van der Waals surface area contributed by atoms with E-state index in [1.54, 1.807) is 19.1 Å². The molecule has 3 rings (SSSR count). The molecule has 0 bridgehead atoms. The highest BCUT2D eigenvalue weighted by atomic mass is 32.1. The summed E-state index contributed by atoms with van der Waals surface area (Å²) >= 11 is 1.21. The zero-order chi connectivity index (χ0) is 20.8. The number of aryl methyl sites for hydroxylation is 1. The van der Waals surface area contributed by atoms with Crippen molar-refractivity contribution in [2.24, 2.45) is 0 Å². The summed E-state index contributed by atoms with van der Waals surface area (Å²) in [4.78, 5) is 25.5. The monoisotopic (exact) mass is 412 g/mol. The molecule has 2 aromatic carbocycles. The van der Waals surface area contributed by atoms with Crippen LogP contribution >= 0.6 is 11.3 Å². The van der Waals surface area contributed by atoms with Gasteiger partial charge in [0.1, 0.15) is 11.5 Å². The number of carbonyl (C=O) groups is 2. The van der Waals surface area contributed by atoms with Gasteiger partial charge in [0.2, 0.25) is 0 Å². The minimum atomic E-state index is -0.539. The fourth-order valence-electron chi connectivity index (χ4n) is 2.53. The summed E-state index contributed by atoms with van der Waals surface area (Å²) in [5.41, 5.74) is 2.06. The predicted octanol–water partition coefficient (Wildman–Crippen LogP) is 4.15. The van der Waals surface area contributed by atoms with Crippen molar-refractivity contribution in [2.75, 3.05) is 5.32 Å². The first-order valence-corrected chi connectivity index (χ1v) is 9.61. The van der Waals surface area contributed by atoms with E-state index in [-0.39, 0.29) is 24.1 Å². The molecule has 1 heterocycles. The van der Waals surface area contributed by atoms with E-state index >= 15 is 0 Å². The van der Waals surface area contributed by atoms with Crippen LogP contribution < -0.4 is 10.6 Å². The molecule has 0 fully saturated rings. The van der Waals surface area contributed by atoms with E-state index in [0.29, 0.717) is 22.7 Å². The number of phenols is 2. The first-order chi connectivity index (χ1) is 13.9. The molecule has 0 spiro atoms. The van der Waals surface area contributed by atoms with E-state index in [1.165, 1.54) is 23.5 Å². The summed E-state index contributed by atoms with van der Waals surface area (Å²) in [6, 6.07) is 14.9. The summed E-state index contributed by atoms with van der Waals surface area (Å²) in [7, 11) is 0. The lowest BCUT2D eigenvalue weighted by Gasteiger charge is -2.07. The number of esters is 1. The Balaban J connectivity index is 1.55. The third-order valence-electron chi connectivity index (χ3n) is 4.07. The van der Waals surface area contributed by atoms with Gasteiger partial charge in [0.25, 0.3) is 0 Å². The number of carbonyl (C=O) groups excluding carboxylic acids is 2. The van der Waals surface area contributed by atoms with Gasteiger partial charge in [0.05, 0.1) is 5.69 Å². The van der Waals surface area contributed by atoms with Crippen LogP contribution in [-0.2, 0) is 17.9 Å². The van der Waals surface area contributed by atoms with Crippen LogP contribution in [-0.4, -0.2) is 22.2 Å². The third-order valence-corrected chi connectivity index (χ3v) is 5.10. The van der Waals surface area contributed by atoms with Gasteiger partial charge in [-0.05, 0) is 36.2 Å². The molecule has 0 aliphatic rings. The van der Waals surface area contributed by atoms with E-state index in [0.717, 1.165) is 10.4 Å². The summed E-state index contributed by atoms with van der Waals surface area (Å²) in [6.07, 6.45) is 0. The van der Waals surface area contributed by atoms with Crippen LogP contribution in [0.2, 0.25) is 0 Å². The van der Waals surface area contributed by atoms with Gasteiger partial charge in [-0.25, -0.2) is 9.59 Å². The fraction of sp³-hybridized carbons (Fsp3) is 0.143. The largest absolute Gasteiger partial charge is 0.504 e. The van der Waals surface area contributed by atoms with Crippen LogP contribution in [0.5, 0.6) is 11.5 Å². The lowest BCUT2D eigenvalue weighted by atomic mass is 10.2. The zero-order valence-electron chi connectivity index (χ0n) is 15.6. The van der Waals surface area contributed by atoms with Crippen molar-refractivity contribution < 1.29 is 24.5 Å². The molecule has 7 nitrogen and oxygen atoms in total. The standard InChI is InChI=1S/C21H20N2O5S/c1-13-16(23-21(27)22-11-14-5-3-2-4-6-14)10-19(29-13)20(26)28-12-15-7-8-17(24)18(25)9-15/h2-10,24-25H,11-12H2,1H3,(H2,22,23,27). The lowest BCUT2D eigenvalue weighted by Crippen LogP contribution is -2.28. The van der Waals surface area contributed by atoms with Crippen molar-refractivity contribution in [1.29, 1.82) is 0 Å². The van der Waals surface area contributed by atoms with Gasteiger partial charge in [-0.3, -0.25) is 0 Å². The van der Waals surface area contributed by atoms with Crippen molar-refractivity contribution in [2.45, 2.75) is 20.1 Å². The summed E-state index contributed by atoms with van der Waals surface area (Å²) < 4.78 is 5.24. The molecule has 29 heavy (non-hydrogen) atoms. The molecule has 0 saturated heterocycles. The summed E-state index contributed by atoms with van der Waals surface area (Å²) in [6.45, 7) is 2.14. The van der Waals surface area contributed by atoms with Crippen molar-refractivity contribution in [3.05, 3.63) is 75.5 Å². The minimum Gasteiger partial charge on any atom is -0.504 e. The second-order valence-electron chi connectivity index (χ2n) is 6.27. The van der Waals surface area contributed by atoms with Crippen molar-refractivity contribution in [1.82, 2.24) is 5.32 Å². The molecule has 0 radical (unpaired) electrons. The number of amides is 2. The summed E-state index contributed by atoms with van der Waals surface area (Å²) in [5.74, 6) is -1.06. The SMILES string of the molecule is Cc1sc(C(=O)OCc2ccc(O)c(O)c2)cc1NC(=O)NCc1ccccc1. The Morgan fingerprint density at radius 2 is 1.76 bits per heavy atom. The molecule has 0 atom stereocenters. The van der Waals surface area contributed by atoms with E-state index in [4.69, 9.17) is 4.74 Å². The van der Waals surface area contributed by atoms with Gasteiger partial charge in [0, 0.05) is 11.4 Å². The quantitative estimate of drug-likeness (QED) is 0.359. The number of benzene rings is 2. The van der Waals surface area contributed by atoms with Gasteiger partial charge < -0.3 is 25.6 Å². The van der Waals surface area contributed by atoms with E-state index < -0.39 is 5.97 Å². The maximum atomic E-state index is 12.3. The van der Waals surface area contributed by atoms with E-state index in [9.17, 15) is 19.8 Å². The predicted molar refractivity (Wildman–Crippen MR) is 110 cm³/mol. The van der Waals surface area contributed by atoms with Gasteiger partial charge in [-0.15, -0.1) is 11.3 Å². The number of hydrogen-bond donors (Lipinski definition) is 4. The van der Waals surface area contributed by atoms with Crippen LogP contribution in [0.3, 0.4) is 0 Å². The molecule has 0 saturated carbocycles. The number of anilines is 1. The maximum absolute atomic E-state index is 12.3. The molecular formula is C21H20N2O5S. The second-order valence-corrected chi connectivity index (χ2v) is 7.53. The molecule has 150 valence electrons. The van der Waals surface area contributed by atoms with Crippen LogP contribution in [0, 0.1) is 6.92 Å². The van der Waals surface area contributed by atoms with Crippen LogP contribution in [0.4, 0.5) is 10.5 Å². The fourth-order valence-corrected chi connectivity index (χ4v) is 3.40. The number of hydrogen-bond acceptors (Lipinski definition) is 6. The van der Waals surface area contributed by atoms with Crippen molar-refractivity contribution in [3.8, 4) is 11.5 Å². The average molecular weight is 412 g/mol. The van der Waals surface area contributed by atoms with Crippen LogP contribution in [0.15, 0.2) is 54.6 Å². The van der Waals surface area contributed by atoms with Gasteiger partial charge in [-0.2, -0.15) is 0 Å². The number of urea groups is 1. The van der Waals surface area contributed by atoms with Crippen LogP contribution in [0.25, 0.3) is 0 Å². The molecule has 0 aliphatic heterocycles. The lowest BCUT2D eigenvalue weighted by molar-refractivity contribution is 0.0478. The molecule has 8 heteroatoms. The number of thiophene rings is 1. The first kappa shape index (κ1) is 20.2. The average Bonchev–Trinajstić information content (AvgIpc) is 3.08. The molecule has 3 aromatic rings. The van der Waals surface area contributed by atoms with Gasteiger partial charge in [-0.1, -0.05) is 36.4 Å². The Morgan fingerprint density at radius 3 is 2.48 bits per heavy atom. The van der Waals surface area contributed by atoms with Crippen molar-refractivity contribution in [3.63, 3.8) is 0 Å². The second kappa shape index (κ2) is 9.11. The Labute approximate surface area is 171 Å². The molecule has 1 aromatic heterocycles.